The van der Waals surface area contributed by atoms with Gasteiger partial charge in [0.1, 0.15) is 0 Å². The Labute approximate surface area is 131 Å². The van der Waals surface area contributed by atoms with Gasteiger partial charge in [0.2, 0.25) is 0 Å². The predicted molar refractivity (Wildman–Crippen MR) is 82.1 cm³/mol. The van der Waals surface area contributed by atoms with Crippen LogP contribution in [0.2, 0.25) is 0 Å². The van der Waals surface area contributed by atoms with Crippen molar-refractivity contribution in [3.63, 3.8) is 0 Å². The van der Waals surface area contributed by atoms with E-state index in [9.17, 15) is 14.7 Å². The fraction of sp³-hybridized carbons (Fsp3) is 0.529. The zero-order chi connectivity index (χ0) is 15.9. The van der Waals surface area contributed by atoms with E-state index in [1.807, 2.05) is 30.3 Å². The van der Waals surface area contributed by atoms with Gasteiger partial charge in [-0.1, -0.05) is 37.3 Å². The molecule has 1 aromatic carbocycles. The van der Waals surface area contributed by atoms with Crippen molar-refractivity contribution in [3.05, 3.63) is 35.9 Å². The van der Waals surface area contributed by atoms with Gasteiger partial charge in [0.25, 0.3) is 0 Å². The molecule has 5 nitrogen and oxygen atoms in total. The third-order valence-corrected chi connectivity index (χ3v) is 4.22. The number of carbonyl (C=O) groups is 2. The molecule has 0 aliphatic carbocycles. The molecule has 1 aliphatic heterocycles. The molecule has 2 rings (SSSR count). The summed E-state index contributed by atoms with van der Waals surface area (Å²) in [5, 5.41) is 14.0. The van der Waals surface area contributed by atoms with Gasteiger partial charge in [-0.2, -0.15) is 0 Å². The molecule has 2 amide bonds. The Morgan fingerprint density at radius 1 is 1.32 bits per heavy atom. The molecule has 22 heavy (non-hydrogen) atoms. The van der Waals surface area contributed by atoms with E-state index in [-0.39, 0.29) is 18.5 Å². The number of urea groups is 1. The Morgan fingerprint density at radius 3 is 2.68 bits per heavy atom. The summed E-state index contributed by atoms with van der Waals surface area (Å²) >= 11 is 0. The van der Waals surface area contributed by atoms with Gasteiger partial charge in [0, 0.05) is 12.6 Å². The van der Waals surface area contributed by atoms with E-state index in [0.717, 1.165) is 31.2 Å². The van der Waals surface area contributed by atoms with Crippen molar-refractivity contribution >= 4 is 12.0 Å². The summed E-state index contributed by atoms with van der Waals surface area (Å²) in [5.74, 6) is -1.25. The largest absolute Gasteiger partial charge is 0.548 e. The number of nitrogens with one attached hydrogen (secondary N) is 1. The van der Waals surface area contributed by atoms with Crippen molar-refractivity contribution in [3.8, 4) is 0 Å². The summed E-state index contributed by atoms with van der Waals surface area (Å²) in [7, 11) is 0. The fourth-order valence-corrected chi connectivity index (χ4v) is 2.97. The van der Waals surface area contributed by atoms with Crippen molar-refractivity contribution in [1.82, 2.24) is 10.2 Å². The van der Waals surface area contributed by atoms with Crippen LogP contribution in [0.25, 0.3) is 0 Å². The quantitative estimate of drug-likeness (QED) is 0.891. The molecule has 0 radical (unpaired) electrons. The van der Waals surface area contributed by atoms with Crippen LogP contribution in [-0.4, -0.2) is 35.5 Å². The topological polar surface area (TPSA) is 72.5 Å². The first kappa shape index (κ1) is 16.3. The molecular formula is C17H23N2O3-. The monoisotopic (exact) mass is 303 g/mol. The Bertz CT molecular complexity index is 504. The molecule has 1 saturated heterocycles. The van der Waals surface area contributed by atoms with Gasteiger partial charge in [-0.25, -0.2) is 4.79 Å². The second-order valence-electron chi connectivity index (χ2n) is 5.76. The van der Waals surface area contributed by atoms with E-state index in [1.165, 1.54) is 0 Å². The van der Waals surface area contributed by atoms with Crippen molar-refractivity contribution in [1.29, 1.82) is 0 Å². The number of likely N-dealkylation sites (tertiary alicyclic amines) is 1. The Balaban J connectivity index is 2.01. The molecular weight excluding hydrogens is 280 g/mol. The third kappa shape index (κ3) is 4.23. The first-order valence-electron chi connectivity index (χ1n) is 7.93. The van der Waals surface area contributed by atoms with E-state index >= 15 is 0 Å². The van der Waals surface area contributed by atoms with Gasteiger partial charge in [-0.3, -0.25) is 0 Å². The molecule has 0 unspecified atom stereocenters. The molecule has 1 heterocycles. The van der Waals surface area contributed by atoms with Crippen LogP contribution in [0.4, 0.5) is 4.79 Å². The smallest absolute Gasteiger partial charge is 0.318 e. The minimum Gasteiger partial charge on any atom is -0.548 e. The Morgan fingerprint density at radius 2 is 2.05 bits per heavy atom. The maximum atomic E-state index is 12.4. The highest BCUT2D eigenvalue weighted by Crippen LogP contribution is 2.19. The maximum Gasteiger partial charge on any atom is 0.318 e. The van der Waals surface area contributed by atoms with Gasteiger partial charge in [0.05, 0.1) is 12.0 Å². The van der Waals surface area contributed by atoms with Crippen LogP contribution >= 0.6 is 0 Å². The van der Waals surface area contributed by atoms with Gasteiger partial charge in [-0.15, -0.1) is 0 Å². The number of carboxylic acid groups (broad SMARTS) is 1. The molecule has 0 aromatic heterocycles. The van der Waals surface area contributed by atoms with Gasteiger partial charge < -0.3 is 20.1 Å². The Hall–Kier alpha value is -2.04. The fourth-order valence-electron chi connectivity index (χ4n) is 2.97. The van der Waals surface area contributed by atoms with Crippen LogP contribution < -0.4 is 10.4 Å². The molecule has 0 bridgehead atoms. The number of aliphatic carboxylic acids is 1. The van der Waals surface area contributed by atoms with Crippen LogP contribution in [0.15, 0.2) is 30.3 Å². The number of hydrogen-bond acceptors (Lipinski definition) is 3. The number of rotatable bonds is 5. The molecule has 120 valence electrons. The minimum absolute atomic E-state index is 0.202. The lowest BCUT2D eigenvalue weighted by Gasteiger charge is -2.36. The first-order valence-corrected chi connectivity index (χ1v) is 7.93. The lowest BCUT2D eigenvalue weighted by atomic mass is 10.0. The first-order chi connectivity index (χ1) is 10.6. The predicted octanol–water partition coefficient (Wildman–Crippen LogP) is 1.32. The molecule has 1 aliphatic rings. The minimum atomic E-state index is -1.25. The normalized spacial score (nSPS) is 19.5. The van der Waals surface area contributed by atoms with Crippen LogP contribution in [0.5, 0.6) is 0 Å². The number of carboxylic acids is 1. The lowest BCUT2D eigenvalue weighted by Crippen LogP contribution is -2.56. The van der Waals surface area contributed by atoms with Crippen molar-refractivity contribution < 1.29 is 14.7 Å². The second-order valence-corrected chi connectivity index (χ2v) is 5.76. The van der Waals surface area contributed by atoms with Gasteiger partial charge >= 0.3 is 6.03 Å². The van der Waals surface area contributed by atoms with Crippen molar-refractivity contribution in [2.45, 2.75) is 51.1 Å². The van der Waals surface area contributed by atoms with Gasteiger partial charge in [0.15, 0.2) is 0 Å². The van der Waals surface area contributed by atoms with Crippen LogP contribution in [0, 0.1) is 0 Å². The number of benzene rings is 1. The van der Waals surface area contributed by atoms with Crippen molar-refractivity contribution in [2.75, 3.05) is 6.54 Å². The second kappa shape index (κ2) is 7.82. The number of amides is 2. The van der Waals surface area contributed by atoms with Crippen LogP contribution in [0.1, 0.15) is 38.2 Å². The molecule has 0 saturated carbocycles. The molecule has 0 spiro atoms. The summed E-state index contributed by atoms with van der Waals surface area (Å²) in [4.78, 5) is 25.5. The zero-order valence-corrected chi connectivity index (χ0v) is 13.0. The average Bonchev–Trinajstić information content (AvgIpc) is 2.55. The summed E-state index contributed by atoms with van der Waals surface area (Å²) in [6, 6.07) is 8.16. The highest BCUT2D eigenvalue weighted by molar-refractivity contribution is 5.82. The molecule has 1 fully saturated rings. The standard InChI is InChI=1S/C17H24N2O3/c1-2-14-10-6-7-11-19(14)17(22)18-15(16(20)21)12-13-8-4-3-5-9-13/h3-5,8-9,14-15H,2,6-7,10-12H2,1H3,(H,18,22)(H,20,21)/p-1/t14-,15-/m0/s1. The molecule has 2 atom stereocenters. The number of carbonyl (C=O) groups excluding carboxylic acids is 2. The van der Waals surface area contributed by atoms with E-state index in [2.05, 4.69) is 12.2 Å². The highest BCUT2D eigenvalue weighted by Gasteiger charge is 2.27. The van der Waals surface area contributed by atoms with Gasteiger partial charge in [-0.05, 0) is 37.7 Å². The summed E-state index contributed by atoms with van der Waals surface area (Å²) < 4.78 is 0. The zero-order valence-electron chi connectivity index (χ0n) is 13.0. The SMILES string of the molecule is CC[C@H]1CCCCN1C(=O)N[C@@H](Cc1ccccc1)C(=O)[O-]. The number of piperidine rings is 1. The molecule has 1 N–H and O–H groups in total. The van der Waals surface area contributed by atoms with E-state index in [1.54, 1.807) is 4.90 Å². The van der Waals surface area contributed by atoms with E-state index < -0.39 is 12.0 Å². The van der Waals surface area contributed by atoms with Crippen LogP contribution in [0.3, 0.4) is 0 Å². The third-order valence-electron chi connectivity index (χ3n) is 4.22. The Kier molecular flexibility index (Phi) is 5.81. The van der Waals surface area contributed by atoms with Crippen molar-refractivity contribution in [2.24, 2.45) is 0 Å². The summed E-state index contributed by atoms with van der Waals surface area (Å²) in [6.07, 6.45) is 4.20. The van der Waals surface area contributed by atoms with E-state index in [0.29, 0.717) is 6.54 Å². The maximum absolute atomic E-state index is 12.4. The molecule has 5 heteroatoms. The van der Waals surface area contributed by atoms with Crippen LogP contribution in [-0.2, 0) is 11.2 Å². The summed E-state index contributed by atoms with van der Waals surface area (Å²) in [6.45, 7) is 2.74. The highest BCUT2D eigenvalue weighted by atomic mass is 16.4. The molecule has 1 aromatic rings. The average molecular weight is 303 g/mol. The number of hydrogen-bond donors (Lipinski definition) is 1. The number of nitrogens with zero attached hydrogens (tertiary/aromatic N) is 1. The lowest BCUT2D eigenvalue weighted by molar-refractivity contribution is -0.308. The van der Waals surface area contributed by atoms with E-state index in [4.69, 9.17) is 0 Å². The summed E-state index contributed by atoms with van der Waals surface area (Å²) in [5.41, 5.74) is 0.864.